The molecule has 130 valence electrons. The van der Waals surface area contributed by atoms with E-state index in [4.69, 9.17) is 0 Å². The zero-order valence-corrected chi connectivity index (χ0v) is 14.4. The Bertz CT molecular complexity index is 430. The highest BCUT2D eigenvalue weighted by Crippen LogP contribution is 2.33. The zero-order valence-electron chi connectivity index (χ0n) is 14.4. The van der Waals surface area contributed by atoms with E-state index in [9.17, 15) is 9.59 Å². The van der Waals surface area contributed by atoms with Crippen LogP contribution in [-0.4, -0.2) is 60.4 Å². The smallest absolute Gasteiger partial charge is 0.227 e. The van der Waals surface area contributed by atoms with Crippen molar-refractivity contribution in [3.8, 4) is 0 Å². The van der Waals surface area contributed by atoms with E-state index >= 15 is 0 Å². The molecule has 1 aliphatic carbocycles. The number of carbonyl (C=O) groups is 2. The van der Waals surface area contributed by atoms with Crippen molar-refractivity contribution in [3.63, 3.8) is 0 Å². The van der Waals surface area contributed by atoms with Crippen LogP contribution in [0.4, 0.5) is 0 Å². The monoisotopic (exact) mass is 321 g/mol. The fourth-order valence-corrected chi connectivity index (χ4v) is 4.03. The summed E-state index contributed by atoms with van der Waals surface area (Å²) in [5.74, 6) is 0.881. The maximum atomic E-state index is 13.1. The van der Waals surface area contributed by atoms with Crippen molar-refractivity contribution in [3.05, 3.63) is 0 Å². The second-order valence-corrected chi connectivity index (χ2v) is 7.41. The van der Waals surface area contributed by atoms with Gasteiger partial charge in [0.2, 0.25) is 11.8 Å². The van der Waals surface area contributed by atoms with Crippen molar-refractivity contribution in [2.24, 2.45) is 11.8 Å². The fraction of sp³-hybridized carbons (Fsp3) is 0.889. The number of likely N-dealkylation sites (tertiary alicyclic amines) is 1. The van der Waals surface area contributed by atoms with Crippen molar-refractivity contribution in [2.45, 2.75) is 57.9 Å². The maximum absolute atomic E-state index is 13.1. The lowest BCUT2D eigenvalue weighted by molar-refractivity contribution is -0.143. The van der Waals surface area contributed by atoms with Crippen molar-refractivity contribution in [1.29, 1.82) is 0 Å². The molecule has 5 nitrogen and oxygen atoms in total. The van der Waals surface area contributed by atoms with Gasteiger partial charge in [-0.1, -0.05) is 6.92 Å². The first-order valence-electron chi connectivity index (χ1n) is 9.50. The Labute approximate surface area is 139 Å². The van der Waals surface area contributed by atoms with E-state index in [0.29, 0.717) is 24.4 Å². The van der Waals surface area contributed by atoms with E-state index in [0.717, 1.165) is 71.1 Å². The first kappa shape index (κ1) is 16.7. The van der Waals surface area contributed by atoms with Crippen molar-refractivity contribution >= 4 is 11.8 Å². The third-order valence-corrected chi connectivity index (χ3v) is 5.51. The van der Waals surface area contributed by atoms with Gasteiger partial charge in [-0.2, -0.15) is 0 Å². The summed E-state index contributed by atoms with van der Waals surface area (Å²) >= 11 is 0. The third kappa shape index (κ3) is 4.06. The van der Waals surface area contributed by atoms with Crippen LogP contribution in [0.1, 0.15) is 51.9 Å². The molecule has 1 saturated carbocycles. The Morgan fingerprint density at radius 2 is 1.83 bits per heavy atom. The minimum Gasteiger partial charge on any atom is -0.342 e. The molecule has 1 atom stereocenters. The average molecular weight is 321 g/mol. The molecule has 2 aliphatic heterocycles. The number of nitrogens with one attached hydrogen (secondary N) is 1. The molecule has 2 heterocycles. The van der Waals surface area contributed by atoms with Gasteiger partial charge in [0.25, 0.3) is 0 Å². The largest absolute Gasteiger partial charge is 0.342 e. The molecule has 0 aromatic rings. The van der Waals surface area contributed by atoms with E-state index in [1.165, 1.54) is 0 Å². The Kier molecular flexibility index (Phi) is 5.57. The van der Waals surface area contributed by atoms with Crippen LogP contribution < -0.4 is 5.32 Å². The SMILES string of the molecule is CCCN(C(=O)C1CCCN(C(=O)C2CC2)C1)C1CCNCC1. The Morgan fingerprint density at radius 1 is 1.09 bits per heavy atom. The summed E-state index contributed by atoms with van der Waals surface area (Å²) in [6.45, 7) is 6.52. The standard InChI is InChI=1S/C18H31N3O2/c1-2-11-21(16-7-9-19-10-8-16)18(23)15-4-3-12-20(13-15)17(22)14-5-6-14/h14-16,19H,2-13H2,1H3. The summed E-state index contributed by atoms with van der Waals surface area (Å²) in [7, 11) is 0. The first-order valence-corrected chi connectivity index (χ1v) is 9.50. The fourth-order valence-electron chi connectivity index (χ4n) is 4.03. The summed E-state index contributed by atoms with van der Waals surface area (Å²) in [4.78, 5) is 29.5. The van der Waals surface area contributed by atoms with Crippen molar-refractivity contribution in [2.75, 3.05) is 32.7 Å². The van der Waals surface area contributed by atoms with Gasteiger partial charge in [0, 0.05) is 31.6 Å². The predicted octanol–water partition coefficient (Wildman–Crippen LogP) is 1.63. The molecule has 1 unspecified atom stereocenters. The van der Waals surface area contributed by atoms with Gasteiger partial charge >= 0.3 is 0 Å². The summed E-state index contributed by atoms with van der Waals surface area (Å²) in [6.07, 6.45) is 7.13. The number of nitrogens with zero attached hydrogens (tertiary/aromatic N) is 2. The van der Waals surface area contributed by atoms with Gasteiger partial charge in [-0.25, -0.2) is 0 Å². The molecule has 23 heavy (non-hydrogen) atoms. The normalized spacial score (nSPS) is 26.1. The lowest BCUT2D eigenvalue weighted by Crippen LogP contribution is -2.52. The van der Waals surface area contributed by atoms with Crippen LogP contribution in [0.3, 0.4) is 0 Å². The molecular weight excluding hydrogens is 290 g/mol. The Hall–Kier alpha value is -1.10. The van der Waals surface area contributed by atoms with E-state index in [-0.39, 0.29) is 11.8 Å². The summed E-state index contributed by atoms with van der Waals surface area (Å²) in [5.41, 5.74) is 0. The van der Waals surface area contributed by atoms with Crippen LogP contribution >= 0.6 is 0 Å². The summed E-state index contributed by atoms with van der Waals surface area (Å²) in [5, 5.41) is 3.38. The van der Waals surface area contributed by atoms with Crippen molar-refractivity contribution in [1.82, 2.24) is 15.1 Å². The number of hydrogen-bond acceptors (Lipinski definition) is 3. The highest BCUT2D eigenvalue weighted by Gasteiger charge is 2.38. The molecule has 3 fully saturated rings. The predicted molar refractivity (Wildman–Crippen MR) is 89.9 cm³/mol. The third-order valence-electron chi connectivity index (χ3n) is 5.51. The van der Waals surface area contributed by atoms with Gasteiger partial charge in [-0.3, -0.25) is 9.59 Å². The van der Waals surface area contributed by atoms with E-state index in [2.05, 4.69) is 17.1 Å². The number of carbonyl (C=O) groups excluding carboxylic acids is 2. The number of amides is 2. The highest BCUT2D eigenvalue weighted by atomic mass is 16.2. The quantitative estimate of drug-likeness (QED) is 0.837. The molecule has 5 heteroatoms. The maximum Gasteiger partial charge on any atom is 0.227 e. The van der Waals surface area contributed by atoms with E-state index in [1.807, 2.05) is 4.90 Å². The van der Waals surface area contributed by atoms with Gasteiger partial charge in [-0.15, -0.1) is 0 Å². The average Bonchev–Trinajstić information content (AvgIpc) is 3.44. The molecule has 0 radical (unpaired) electrons. The number of piperidine rings is 2. The molecule has 0 bridgehead atoms. The molecule has 0 spiro atoms. The molecule has 2 amide bonds. The van der Waals surface area contributed by atoms with E-state index < -0.39 is 0 Å². The van der Waals surface area contributed by atoms with Gasteiger partial charge in [-0.05, 0) is 58.0 Å². The molecular formula is C18H31N3O2. The minimum atomic E-state index is 0.0212. The van der Waals surface area contributed by atoms with Gasteiger partial charge < -0.3 is 15.1 Å². The van der Waals surface area contributed by atoms with Crippen LogP contribution in [-0.2, 0) is 9.59 Å². The highest BCUT2D eigenvalue weighted by molar-refractivity contribution is 5.83. The topological polar surface area (TPSA) is 52.7 Å². The van der Waals surface area contributed by atoms with Gasteiger partial charge in [0.1, 0.15) is 0 Å². The minimum absolute atomic E-state index is 0.0212. The molecule has 3 aliphatic rings. The number of rotatable bonds is 5. The molecule has 3 rings (SSSR count). The van der Waals surface area contributed by atoms with Crippen LogP contribution in [0.5, 0.6) is 0 Å². The summed E-state index contributed by atoms with van der Waals surface area (Å²) in [6, 6.07) is 0.387. The summed E-state index contributed by atoms with van der Waals surface area (Å²) < 4.78 is 0. The zero-order chi connectivity index (χ0) is 16.2. The molecule has 2 saturated heterocycles. The second-order valence-electron chi connectivity index (χ2n) is 7.41. The van der Waals surface area contributed by atoms with Crippen LogP contribution in [0.15, 0.2) is 0 Å². The van der Waals surface area contributed by atoms with Crippen LogP contribution in [0.25, 0.3) is 0 Å². The lowest BCUT2D eigenvalue weighted by atomic mass is 9.94. The molecule has 0 aromatic heterocycles. The van der Waals surface area contributed by atoms with Crippen LogP contribution in [0, 0.1) is 11.8 Å². The van der Waals surface area contributed by atoms with Gasteiger partial charge in [0.15, 0.2) is 0 Å². The lowest BCUT2D eigenvalue weighted by Gasteiger charge is -2.39. The molecule has 1 N–H and O–H groups in total. The second kappa shape index (κ2) is 7.65. The molecule has 0 aromatic carbocycles. The van der Waals surface area contributed by atoms with Gasteiger partial charge in [0.05, 0.1) is 5.92 Å². The Morgan fingerprint density at radius 3 is 2.48 bits per heavy atom. The first-order chi connectivity index (χ1) is 11.2. The van der Waals surface area contributed by atoms with Crippen LogP contribution in [0.2, 0.25) is 0 Å². The van der Waals surface area contributed by atoms with Crippen molar-refractivity contribution < 1.29 is 9.59 Å². The Balaban J connectivity index is 1.62. The number of hydrogen-bond donors (Lipinski definition) is 1. The van der Waals surface area contributed by atoms with E-state index in [1.54, 1.807) is 0 Å².